The van der Waals surface area contributed by atoms with Crippen LogP contribution in [-0.2, 0) is 4.79 Å². The highest BCUT2D eigenvalue weighted by Gasteiger charge is 2.36. The molecule has 2 fully saturated rings. The first-order valence-electron chi connectivity index (χ1n) is 6.54. The first-order valence-corrected chi connectivity index (χ1v) is 7.17. The van der Waals surface area contributed by atoms with E-state index in [2.05, 4.69) is 24.5 Å². The average molecular weight is 241 g/mol. The topological polar surface area (TPSA) is 20.3 Å². The lowest BCUT2D eigenvalue weighted by molar-refractivity contribution is -0.129. The van der Waals surface area contributed by atoms with Gasteiger partial charge in [-0.1, -0.05) is 26.2 Å². The molecule has 92 valence electrons. The molecule has 0 radical (unpaired) electrons. The molecule has 0 spiro atoms. The van der Waals surface area contributed by atoms with Crippen LogP contribution in [0.25, 0.3) is 0 Å². The number of nitrogens with zero attached hydrogens (tertiary/aromatic N) is 1. The summed E-state index contributed by atoms with van der Waals surface area (Å²) in [6, 6.07) is 0. The van der Waals surface area contributed by atoms with Crippen LogP contribution in [0.4, 0.5) is 0 Å². The molecule has 2 rings (SSSR count). The van der Waals surface area contributed by atoms with Crippen LogP contribution in [0.15, 0.2) is 0 Å². The summed E-state index contributed by atoms with van der Waals surface area (Å²) in [6.45, 7) is 4.10. The van der Waals surface area contributed by atoms with E-state index in [1.807, 2.05) is 0 Å². The van der Waals surface area contributed by atoms with Gasteiger partial charge in [0.15, 0.2) is 0 Å². The molecule has 2 aliphatic rings. The number of amides is 1. The molecule has 1 saturated carbocycles. The fourth-order valence-corrected chi connectivity index (χ4v) is 3.61. The van der Waals surface area contributed by atoms with E-state index >= 15 is 0 Å². The van der Waals surface area contributed by atoms with E-state index < -0.39 is 0 Å². The number of hydrogen-bond donors (Lipinski definition) is 1. The summed E-state index contributed by atoms with van der Waals surface area (Å²) in [5.41, 5.74) is 0.321. The summed E-state index contributed by atoms with van der Waals surface area (Å²) in [6.07, 6.45) is 7.27. The second-order valence-corrected chi connectivity index (χ2v) is 6.12. The van der Waals surface area contributed by atoms with E-state index in [9.17, 15) is 4.79 Å². The van der Waals surface area contributed by atoms with Gasteiger partial charge in [0, 0.05) is 19.5 Å². The third kappa shape index (κ3) is 2.55. The van der Waals surface area contributed by atoms with Crippen molar-refractivity contribution in [1.29, 1.82) is 0 Å². The lowest BCUT2D eigenvalue weighted by atomic mass is 9.75. The van der Waals surface area contributed by atoms with Crippen molar-refractivity contribution in [3.8, 4) is 0 Å². The van der Waals surface area contributed by atoms with Crippen molar-refractivity contribution in [3.05, 3.63) is 0 Å². The Balaban J connectivity index is 1.98. The monoisotopic (exact) mass is 241 g/mol. The first-order chi connectivity index (χ1) is 7.65. The molecular formula is C13H23NOS. The molecule has 2 nitrogen and oxygen atoms in total. The van der Waals surface area contributed by atoms with Crippen molar-refractivity contribution in [2.75, 3.05) is 18.8 Å². The lowest BCUT2D eigenvalue weighted by Crippen LogP contribution is -2.41. The molecule has 0 N–H and O–H groups in total. The molecule has 1 heterocycles. The number of likely N-dealkylation sites (tertiary alicyclic amines) is 1. The predicted molar refractivity (Wildman–Crippen MR) is 69.7 cm³/mol. The maximum atomic E-state index is 11.8. The average Bonchev–Trinajstić information content (AvgIpc) is 2.59. The van der Waals surface area contributed by atoms with Crippen LogP contribution in [0.5, 0.6) is 0 Å². The maximum Gasteiger partial charge on any atom is 0.222 e. The Morgan fingerprint density at radius 1 is 1.38 bits per heavy atom. The van der Waals surface area contributed by atoms with Crippen molar-refractivity contribution < 1.29 is 4.79 Å². The molecule has 1 aliphatic carbocycles. The molecule has 1 atom stereocenters. The van der Waals surface area contributed by atoms with E-state index in [0.717, 1.165) is 25.3 Å². The van der Waals surface area contributed by atoms with E-state index in [-0.39, 0.29) is 0 Å². The van der Waals surface area contributed by atoms with Gasteiger partial charge in [-0.2, -0.15) is 12.6 Å². The van der Waals surface area contributed by atoms with Crippen LogP contribution in [0.3, 0.4) is 0 Å². The van der Waals surface area contributed by atoms with Crippen LogP contribution in [0, 0.1) is 11.3 Å². The molecule has 0 aromatic carbocycles. The molecule has 1 saturated heterocycles. The van der Waals surface area contributed by atoms with Crippen LogP contribution in [0.2, 0.25) is 0 Å². The molecule has 0 bridgehead atoms. The highest BCUT2D eigenvalue weighted by molar-refractivity contribution is 7.80. The standard InChI is InChI=1S/C13H23NOS/c1-11-7-12(15)14(8-11)9-13(10-16)5-3-2-4-6-13/h11,16H,2-10H2,1H3. The smallest absolute Gasteiger partial charge is 0.222 e. The van der Waals surface area contributed by atoms with E-state index in [0.29, 0.717) is 17.2 Å². The van der Waals surface area contributed by atoms with Crippen molar-refractivity contribution in [3.63, 3.8) is 0 Å². The summed E-state index contributed by atoms with van der Waals surface area (Å²) in [5.74, 6) is 1.85. The van der Waals surface area contributed by atoms with Gasteiger partial charge in [-0.15, -0.1) is 0 Å². The zero-order valence-electron chi connectivity index (χ0n) is 10.2. The summed E-state index contributed by atoms with van der Waals surface area (Å²) in [5, 5.41) is 0. The summed E-state index contributed by atoms with van der Waals surface area (Å²) in [7, 11) is 0. The van der Waals surface area contributed by atoms with Crippen LogP contribution in [0.1, 0.15) is 45.4 Å². The fraction of sp³-hybridized carbons (Fsp3) is 0.923. The largest absolute Gasteiger partial charge is 0.342 e. The quantitative estimate of drug-likeness (QED) is 0.753. The van der Waals surface area contributed by atoms with Crippen LogP contribution < -0.4 is 0 Å². The number of carbonyl (C=O) groups excluding carboxylic acids is 1. The van der Waals surface area contributed by atoms with Gasteiger partial charge >= 0.3 is 0 Å². The predicted octanol–water partition coefficient (Wildman–Crippen LogP) is 2.74. The third-order valence-electron chi connectivity index (χ3n) is 4.18. The van der Waals surface area contributed by atoms with E-state index in [1.165, 1.54) is 32.1 Å². The zero-order valence-corrected chi connectivity index (χ0v) is 11.1. The van der Waals surface area contributed by atoms with Gasteiger partial charge in [0.25, 0.3) is 0 Å². The molecule has 3 heteroatoms. The number of hydrogen-bond acceptors (Lipinski definition) is 2. The zero-order chi connectivity index (χ0) is 11.6. The summed E-state index contributed by atoms with van der Waals surface area (Å²) >= 11 is 4.54. The first kappa shape index (κ1) is 12.3. The molecule has 1 unspecified atom stereocenters. The Kier molecular flexibility index (Phi) is 3.83. The van der Waals surface area contributed by atoms with Gasteiger partial charge in [0.05, 0.1) is 0 Å². The molecular weight excluding hydrogens is 218 g/mol. The van der Waals surface area contributed by atoms with Crippen molar-refractivity contribution in [2.45, 2.75) is 45.4 Å². The summed E-state index contributed by atoms with van der Waals surface area (Å²) < 4.78 is 0. The molecule has 16 heavy (non-hydrogen) atoms. The highest BCUT2D eigenvalue weighted by atomic mass is 32.1. The van der Waals surface area contributed by atoms with Gasteiger partial charge in [-0.05, 0) is 29.9 Å². The number of thiol groups is 1. The van der Waals surface area contributed by atoms with E-state index in [1.54, 1.807) is 0 Å². The van der Waals surface area contributed by atoms with Gasteiger partial charge in [-0.3, -0.25) is 4.79 Å². The SMILES string of the molecule is CC1CC(=O)N(CC2(CS)CCCCC2)C1. The number of rotatable bonds is 3. The Bertz CT molecular complexity index is 261. The Morgan fingerprint density at radius 3 is 2.56 bits per heavy atom. The minimum atomic E-state index is 0.321. The second kappa shape index (κ2) is 4.99. The van der Waals surface area contributed by atoms with Gasteiger partial charge in [-0.25, -0.2) is 0 Å². The van der Waals surface area contributed by atoms with Crippen LogP contribution >= 0.6 is 12.6 Å². The van der Waals surface area contributed by atoms with E-state index in [4.69, 9.17) is 0 Å². The van der Waals surface area contributed by atoms with Crippen molar-refractivity contribution >= 4 is 18.5 Å². The van der Waals surface area contributed by atoms with Gasteiger partial charge < -0.3 is 4.90 Å². The molecule has 1 aliphatic heterocycles. The van der Waals surface area contributed by atoms with Gasteiger partial charge in [0.1, 0.15) is 0 Å². The maximum absolute atomic E-state index is 11.8. The highest BCUT2D eigenvalue weighted by Crippen LogP contribution is 2.39. The minimum Gasteiger partial charge on any atom is -0.342 e. The normalized spacial score (nSPS) is 29.8. The summed E-state index contributed by atoms with van der Waals surface area (Å²) in [4.78, 5) is 13.9. The molecule has 0 aromatic rings. The Labute approximate surface area is 104 Å². The van der Waals surface area contributed by atoms with Crippen molar-refractivity contribution in [1.82, 2.24) is 4.90 Å². The third-order valence-corrected chi connectivity index (χ3v) is 4.85. The van der Waals surface area contributed by atoms with Crippen LogP contribution in [-0.4, -0.2) is 29.6 Å². The fourth-order valence-electron chi connectivity index (χ4n) is 3.20. The number of carbonyl (C=O) groups is 1. The molecule has 1 amide bonds. The molecule has 0 aromatic heterocycles. The minimum absolute atomic E-state index is 0.321. The Hall–Kier alpha value is -0.180. The van der Waals surface area contributed by atoms with Crippen molar-refractivity contribution in [2.24, 2.45) is 11.3 Å². The second-order valence-electron chi connectivity index (χ2n) is 5.80. The lowest BCUT2D eigenvalue weighted by Gasteiger charge is -2.39. The Morgan fingerprint density at radius 2 is 2.06 bits per heavy atom. The van der Waals surface area contributed by atoms with Gasteiger partial charge in [0.2, 0.25) is 5.91 Å².